The molecule has 2 N–H and O–H groups in total. The number of methoxy groups -OCH3 is 1. The summed E-state index contributed by atoms with van der Waals surface area (Å²) in [7, 11) is 2.85. The second-order valence-corrected chi connectivity index (χ2v) is 7.42. The van der Waals surface area contributed by atoms with Gasteiger partial charge in [-0.1, -0.05) is 36.4 Å². The number of aromatic nitrogens is 2. The molecule has 0 fully saturated rings. The van der Waals surface area contributed by atoms with Gasteiger partial charge in [0.15, 0.2) is 5.78 Å². The molecule has 8 heteroatoms. The van der Waals surface area contributed by atoms with E-state index in [0.717, 1.165) is 5.56 Å². The van der Waals surface area contributed by atoms with Gasteiger partial charge in [0.05, 0.1) is 23.9 Å². The predicted octanol–water partition coefficient (Wildman–Crippen LogP) is 2.03. The van der Waals surface area contributed by atoms with Crippen molar-refractivity contribution in [2.75, 3.05) is 12.4 Å². The summed E-state index contributed by atoms with van der Waals surface area (Å²) >= 11 is 0. The standard InChI is InChI=1S/C23H17N3O5/c1-26-20-17(21(28)25-23(26)30)15(11-7-9-12(10-8-11)22(29)31-2)16-18(24-20)13-5-3-4-6-14(13)19(16)27/h3-10,15,24H,1-2H3,(H,25,28,30). The Morgan fingerprint density at radius 3 is 2.35 bits per heavy atom. The van der Waals surface area contributed by atoms with Crippen molar-refractivity contribution in [3.05, 3.63) is 103 Å². The van der Waals surface area contributed by atoms with Gasteiger partial charge in [0.2, 0.25) is 0 Å². The molecular formula is C23H17N3O5. The Morgan fingerprint density at radius 2 is 1.68 bits per heavy atom. The number of Topliss-reactive ketones (excluding diaryl/α,β-unsaturated/α-hetero) is 1. The molecule has 0 saturated heterocycles. The van der Waals surface area contributed by atoms with Gasteiger partial charge in [-0.25, -0.2) is 9.59 Å². The summed E-state index contributed by atoms with van der Waals surface area (Å²) in [5.74, 6) is -1.05. The molecule has 0 amide bonds. The number of rotatable bonds is 2. The van der Waals surface area contributed by atoms with Crippen LogP contribution in [-0.4, -0.2) is 28.4 Å². The second-order valence-electron chi connectivity index (χ2n) is 7.42. The molecule has 5 rings (SSSR count). The molecular weight excluding hydrogens is 398 g/mol. The molecule has 31 heavy (non-hydrogen) atoms. The van der Waals surface area contributed by atoms with Crippen LogP contribution in [0.25, 0.3) is 5.70 Å². The lowest BCUT2D eigenvalue weighted by atomic mass is 9.81. The smallest absolute Gasteiger partial charge is 0.337 e. The number of fused-ring (bicyclic) bond motifs is 3. The first-order chi connectivity index (χ1) is 14.9. The van der Waals surface area contributed by atoms with E-state index < -0.39 is 23.1 Å². The third-order valence-corrected chi connectivity index (χ3v) is 5.80. The number of hydrogen-bond donors (Lipinski definition) is 2. The minimum atomic E-state index is -0.714. The van der Waals surface area contributed by atoms with Gasteiger partial charge < -0.3 is 10.1 Å². The van der Waals surface area contributed by atoms with Crippen LogP contribution >= 0.6 is 0 Å². The summed E-state index contributed by atoms with van der Waals surface area (Å²) in [6, 6.07) is 13.7. The summed E-state index contributed by atoms with van der Waals surface area (Å²) in [4.78, 5) is 52.6. The van der Waals surface area contributed by atoms with Crippen LogP contribution in [0.3, 0.4) is 0 Å². The van der Waals surface area contributed by atoms with Gasteiger partial charge >= 0.3 is 11.7 Å². The highest BCUT2D eigenvalue weighted by Crippen LogP contribution is 2.47. The summed E-state index contributed by atoms with van der Waals surface area (Å²) in [6.07, 6.45) is 0. The number of hydrogen-bond acceptors (Lipinski definition) is 6. The van der Waals surface area contributed by atoms with Crippen LogP contribution in [0.4, 0.5) is 5.82 Å². The molecule has 2 heterocycles. The highest BCUT2D eigenvalue weighted by Gasteiger charge is 2.42. The fourth-order valence-corrected chi connectivity index (χ4v) is 4.30. The van der Waals surface area contributed by atoms with E-state index >= 15 is 0 Å². The van der Waals surface area contributed by atoms with E-state index in [1.54, 1.807) is 43.4 Å². The Labute approximate surface area is 175 Å². The molecule has 0 radical (unpaired) electrons. The van der Waals surface area contributed by atoms with Gasteiger partial charge in [-0.05, 0) is 17.7 Å². The van der Waals surface area contributed by atoms with Crippen molar-refractivity contribution in [1.29, 1.82) is 0 Å². The summed E-state index contributed by atoms with van der Waals surface area (Å²) in [6.45, 7) is 0. The number of ketones is 1. The molecule has 1 unspecified atom stereocenters. The lowest BCUT2D eigenvalue weighted by Gasteiger charge is -2.29. The number of H-pyrrole nitrogens is 1. The van der Waals surface area contributed by atoms with E-state index in [0.29, 0.717) is 33.8 Å². The Bertz CT molecular complexity index is 1430. The number of benzene rings is 2. The Balaban J connectivity index is 1.79. The fourth-order valence-electron chi connectivity index (χ4n) is 4.30. The average molecular weight is 415 g/mol. The van der Waals surface area contributed by atoms with Crippen LogP contribution in [0.15, 0.2) is 63.7 Å². The topological polar surface area (TPSA) is 110 Å². The molecule has 0 spiro atoms. The molecule has 1 atom stereocenters. The highest BCUT2D eigenvalue weighted by molar-refractivity contribution is 6.23. The second kappa shape index (κ2) is 6.66. The molecule has 1 aromatic heterocycles. The molecule has 1 aliphatic heterocycles. The van der Waals surface area contributed by atoms with Crippen molar-refractivity contribution in [3.63, 3.8) is 0 Å². The Kier molecular flexibility index (Phi) is 4.04. The predicted molar refractivity (Wildman–Crippen MR) is 113 cm³/mol. The Morgan fingerprint density at radius 1 is 1.00 bits per heavy atom. The third-order valence-electron chi connectivity index (χ3n) is 5.80. The van der Waals surface area contributed by atoms with E-state index in [2.05, 4.69) is 10.3 Å². The number of ether oxygens (including phenoxy) is 1. The zero-order valence-corrected chi connectivity index (χ0v) is 16.7. The normalized spacial score (nSPS) is 16.3. The molecule has 154 valence electrons. The van der Waals surface area contributed by atoms with Crippen molar-refractivity contribution in [1.82, 2.24) is 9.55 Å². The molecule has 1 aliphatic carbocycles. The average Bonchev–Trinajstić information content (AvgIpc) is 3.08. The number of nitrogens with one attached hydrogen (secondary N) is 2. The Hall–Kier alpha value is -4.20. The number of carbonyl (C=O) groups is 2. The molecule has 3 aromatic rings. The number of anilines is 1. The van der Waals surface area contributed by atoms with Crippen molar-refractivity contribution >= 4 is 23.3 Å². The molecule has 2 aliphatic rings. The van der Waals surface area contributed by atoms with Crippen LogP contribution in [-0.2, 0) is 11.8 Å². The van der Waals surface area contributed by atoms with Crippen LogP contribution in [0.5, 0.6) is 0 Å². The zero-order valence-electron chi connectivity index (χ0n) is 16.7. The van der Waals surface area contributed by atoms with Crippen molar-refractivity contribution < 1.29 is 14.3 Å². The van der Waals surface area contributed by atoms with Crippen molar-refractivity contribution in [3.8, 4) is 0 Å². The monoisotopic (exact) mass is 415 g/mol. The summed E-state index contributed by atoms with van der Waals surface area (Å²) < 4.78 is 6.07. The van der Waals surface area contributed by atoms with Crippen LogP contribution in [0.2, 0.25) is 0 Å². The van der Waals surface area contributed by atoms with Gasteiger partial charge in [0.25, 0.3) is 5.56 Å². The largest absolute Gasteiger partial charge is 0.465 e. The molecule has 0 saturated carbocycles. The number of carbonyl (C=O) groups excluding carboxylic acids is 2. The quantitative estimate of drug-likeness (QED) is 0.620. The number of nitrogens with zero attached hydrogens (tertiary/aromatic N) is 1. The zero-order chi connectivity index (χ0) is 21.9. The fraction of sp³-hybridized carbons (Fsp3) is 0.130. The van der Waals surface area contributed by atoms with Crippen molar-refractivity contribution in [2.24, 2.45) is 7.05 Å². The third kappa shape index (κ3) is 2.61. The van der Waals surface area contributed by atoms with E-state index in [9.17, 15) is 19.2 Å². The maximum absolute atomic E-state index is 13.4. The van der Waals surface area contributed by atoms with E-state index in [1.165, 1.54) is 11.7 Å². The highest BCUT2D eigenvalue weighted by atomic mass is 16.5. The van der Waals surface area contributed by atoms with Crippen LogP contribution in [0, 0.1) is 0 Å². The van der Waals surface area contributed by atoms with Gasteiger partial charge in [0, 0.05) is 29.7 Å². The molecule has 0 bridgehead atoms. The lowest BCUT2D eigenvalue weighted by molar-refractivity contribution is 0.0600. The maximum atomic E-state index is 13.4. The molecule has 2 aromatic carbocycles. The lowest BCUT2D eigenvalue weighted by Crippen LogP contribution is -2.37. The van der Waals surface area contributed by atoms with E-state index in [1.807, 2.05) is 12.1 Å². The summed E-state index contributed by atoms with van der Waals surface area (Å²) in [5.41, 5.74) is 2.41. The SMILES string of the molecule is COC(=O)c1ccc(C2C3=C(Nc4c2c(=O)[nH]c(=O)n4C)c2ccccc2C3=O)cc1. The van der Waals surface area contributed by atoms with Gasteiger partial charge in [-0.15, -0.1) is 0 Å². The van der Waals surface area contributed by atoms with Crippen molar-refractivity contribution in [2.45, 2.75) is 5.92 Å². The number of allylic oxidation sites excluding steroid dienone is 1. The minimum Gasteiger partial charge on any atom is -0.465 e. The van der Waals surface area contributed by atoms with Crippen LogP contribution in [0.1, 0.15) is 43.3 Å². The number of esters is 1. The van der Waals surface area contributed by atoms with E-state index in [4.69, 9.17) is 4.74 Å². The molecule has 8 nitrogen and oxygen atoms in total. The van der Waals surface area contributed by atoms with Crippen LogP contribution < -0.4 is 16.6 Å². The minimum absolute atomic E-state index is 0.181. The first-order valence-corrected chi connectivity index (χ1v) is 9.59. The van der Waals surface area contributed by atoms with Gasteiger partial charge in [0.1, 0.15) is 5.82 Å². The number of aromatic amines is 1. The van der Waals surface area contributed by atoms with Gasteiger partial charge in [-0.2, -0.15) is 0 Å². The van der Waals surface area contributed by atoms with E-state index in [-0.39, 0.29) is 11.3 Å². The van der Waals surface area contributed by atoms with Gasteiger partial charge in [-0.3, -0.25) is 19.1 Å². The maximum Gasteiger partial charge on any atom is 0.337 e. The summed E-state index contributed by atoms with van der Waals surface area (Å²) in [5, 5.41) is 3.16. The first-order valence-electron chi connectivity index (χ1n) is 9.59. The first kappa shape index (κ1) is 18.8.